The zero-order chi connectivity index (χ0) is 49.5. The van der Waals surface area contributed by atoms with Gasteiger partial charge in [-0.15, -0.1) is 0 Å². The Hall–Kier alpha value is -5.47. The van der Waals surface area contributed by atoms with Gasteiger partial charge >= 0.3 is 5.96 Å². The predicted molar refractivity (Wildman–Crippen MR) is 303 cm³/mol. The second-order valence-corrected chi connectivity index (χ2v) is 43.7. The van der Waals surface area contributed by atoms with Crippen LogP contribution in [0.4, 0.5) is 0 Å². The third-order valence-electron chi connectivity index (χ3n) is 14.0. The molecule has 0 radical (unpaired) electrons. The zero-order valence-electron chi connectivity index (χ0n) is 43.7. The molecule has 0 saturated carbocycles. The lowest BCUT2D eigenvalue weighted by Crippen LogP contribution is -2.49. The molecule has 0 spiro atoms. The molecule has 7 nitrogen and oxygen atoms in total. The Morgan fingerprint density at radius 3 is 1.41 bits per heavy atom. The monoisotopic (exact) mass is 987 g/mol. The third-order valence-corrected chi connectivity index (χ3v) is 22.1. The van der Waals surface area contributed by atoms with Crippen molar-refractivity contribution in [1.82, 2.24) is 15.5 Å². The molecule has 0 unspecified atom stereocenters. The van der Waals surface area contributed by atoms with Gasteiger partial charge in [-0.25, -0.2) is 19.8 Å². The van der Waals surface area contributed by atoms with Crippen LogP contribution in [0, 0.1) is 0 Å². The molecule has 2 N–H and O–H groups in total. The number of guanidine groups is 2. The average Bonchev–Trinajstić information content (AvgIpc) is 3.87. The van der Waals surface area contributed by atoms with E-state index in [-0.39, 0.29) is 24.2 Å². The molecule has 2 aliphatic heterocycles. The minimum Gasteiger partial charge on any atom is -0.497 e. The van der Waals surface area contributed by atoms with E-state index < -0.39 is 32.3 Å². The van der Waals surface area contributed by atoms with E-state index in [1.165, 1.54) is 43.0 Å². The molecule has 0 amide bonds. The van der Waals surface area contributed by atoms with Gasteiger partial charge in [0.15, 0.2) is 0 Å². The number of ether oxygens (including phenoxy) is 2. The number of nitrogens with zero attached hydrogens (tertiary/aromatic N) is 3. The summed E-state index contributed by atoms with van der Waals surface area (Å²) in [7, 11) is -3.33. The maximum Gasteiger partial charge on any atom is 0.357 e. The van der Waals surface area contributed by atoms with Gasteiger partial charge in [0.25, 0.3) is 5.96 Å². The quantitative estimate of drug-likeness (QED) is 0.0841. The second kappa shape index (κ2) is 19.7. The first-order valence-electron chi connectivity index (χ1n) is 24.8. The molecule has 69 heavy (non-hydrogen) atoms. The minimum absolute atomic E-state index is 0.0321. The zero-order valence-corrected chi connectivity index (χ0v) is 47.7. The lowest BCUT2D eigenvalue weighted by molar-refractivity contribution is -0.583. The molecule has 0 aromatic heterocycles. The maximum atomic E-state index is 5.62. The summed E-state index contributed by atoms with van der Waals surface area (Å²) in [4.78, 5) is 8.29. The summed E-state index contributed by atoms with van der Waals surface area (Å²) in [5, 5.41) is 14.2. The Kier molecular flexibility index (Phi) is 14.3. The summed E-state index contributed by atoms with van der Waals surface area (Å²) in [5.74, 6) is 3.45. The lowest BCUT2D eigenvalue weighted by Gasteiger charge is -2.28. The lowest BCUT2D eigenvalue weighted by atomic mass is 9.92. The molecular weight excluding hydrogens is 911 g/mol. The van der Waals surface area contributed by atoms with Gasteiger partial charge in [0.1, 0.15) is 29.6 Å². The Bertz CT molecular complexity index is 2740. The Morgan fingerprint density at radius 1 is 0.522 bits per heavy atom. The standard InChI is InChI=1S/C58H75N5O2Si4/c1-64-47-29-25-43(26-30-47)53-54(44-27-31-48(65-2)32-28-44)60-57(59-53)61-58-62(39-41-33-49(66(3,4)5)37-50(34-41)67(6,7)8)55(45-21-17-15-18-22-45)56(46-23-19-16-20-24-46)63(58)40-42-35-51(68(9,10)11)38-52(36-42)69(12,13)14/h15-38,53-56H,39-40H2,1-14H3,(H,59,60)/p+1/t53-,54-,55-,56-/m0/s1. The normalized spacial score (nSPS) is 18.8. The number of aliphatic imine (C=N–C) groups is 1. The van der Waals surface area contributed by atoms with E-state index in [2.05, 4.69) is 220 Å². The summed E-state index contributed by atoms with van der Waals surface area (Å²) in [6.45, 7) is 31.3. The number of rotatable bonds is 14. The Morgan fingerprint density at radius 2 is 0.957 bits per heavy atom. The van der Waals surface area contributed by atoms with Crippen molar-refractivity contribution in [3.63, 3.8) is 0 Å². The minimum atomic E-state index is -1.69. The predicted octanol–water partition coefficient (Wildman–Crippen LogP) is 10.8. The number of hydrogen-bond acceptors (Lipinski definition) is 6. The third kappa shape index (κ3) is 11.3. The molecule has 11 heteroatoms. The summed E-state index contributed by atoms with van der Waals surface area (Å²) < 4.78 is 13.9. The first kappa shape index (κ1) is 49.9. The van der Waals surface area contributed by atoms with Gasteiger partial charge < -0.3 is 14.8 Å². The van der Waals surface area contributed by atoms with Crippen LogP contribution in [-0.4, -0.2) is 67.9 Å². The molecule has 4 atom stereocenters. The van der Waals surface area contributed by atoms with E-state index in [9.17, 15) is 0 Å². The smallest absolute Gasteiger partial charge is 0.357 e. The topological polar surface area (TPSA) is 61.1 Å². The van der Waals surface area contributed by atoms with Crippen LogP contribution >= 0.6 is 0 Å². The first-order chi connectivity index (χ1) is 32.6. The number of hydrogen-bond donors (Lipinski definition) is 2. The molecule has 2 aliphatic rings. The van der Waals surface area contributed by atoms with E-state index in [0.29, 0.717) is 0 Å². The molecule has 0 aliphatic carbocycles. The summed E-state index contributed by atoms with van der Waals surface area (Å²) in [5.41, 5.74) is 7.53. The highest BCUT2D eigenvalue weighted by atomic mass is 28.3. The summed E-state index contributed by atoms with van der Waals surface area (Å²) >= 11 is 0. The molecule has 0 fully saturated rings. The fraction of sp³-hybridized carbons (Fsp3) is 0.345. The van der Waals surface area contributed by atoms with Gasteiger partial charge in [0.05, 0.1) is 65.6 Å². The van der Waals surface area contributed by atoms with Crippen molar-refractivity contribution < 1.29 is 14.0 Å². The SMILES string of the molecule is COc1ccc([C@@H]2N=C(NC3=[N+](Cc4cc([Si](C)(C)C)cc([Si](C)(C)C)c4)[C@@H](c4ccccc4)[C@H](c4ccccc4)N3Cc3cc([Si](C)(C)C)cc([Si](C)(C)C)c3)N[C@H]2c2ccc(OC)cc2)cc1. The summed E-state index contributed by atoms with van der Waals surface area (Å²) in [6.07, 6.45) is 0. The van der Waals surface area contributed by atoms with E-state index in [1.807, 2.05) is 24.3 Å². The van der Waals surface area contributed by atoms with Crippen molar-refractivity contribution in [2.24, 2.45) is 4.99 Å². The average molecular weight is 988 g/mol. The Balaban J connectivity index is 1.38. The second-order valence-electron chi connectivity index (χ2n) is 23.3. The highest BCUT2D eigenvalue weighted by Gasteiger charge is 2.50. The summed E-state index contributed by atoms with van der Waals surface area (Å²) in [6, 6.07) is 54.1. The van der Waals surface area contributed by atoms with E-state index in [4.69, 9.17) is 14.5 Å². The molecule has 0 saturated heterocycles. The van der Waals surface area contributed by atoms with Crippen LogP contribution in [0.15, 0.2) is 151 Å². The van der Waals surface area contributed by atoms with E-state index >= 15 is 0 Å². The largest absolute Gasteiger partial charge is 0.497 e. The molecule has 6 aromatic rings. The van der Waals surface area contributed by atoms with Crippen LogP contribution in [0.25, 0.3) is 0 Å². The highest BCUT2D eigenvalue weighted by Crippen LogP contribution is 2.44. The van der Waals surface area contributed by atoms with Crippen LogP contribution in [0.2, 0.25) is 78.6 Å². The van der Waals surface area contributed by atoms with Crippen LogP contribution < -0.4 is 40.9 Å². The van der Waals surface area contributed by atoms with Crippen molar-refractivity contribution in [2.45, 2.75) is 116 Å². The van der Waals surface area contributed by atoms with Gasteiger partial charge in [0, 0.05) is 0 Å². The van der Waals surface area contributed by atoms with Crippen LogP contribution in [0.1, 0.15) is 57.5 Å². The van der Waals surface area contributed by atoms with E-state index in [0.717, 1.165) is 47.6 Å². The molecule has 6 aromatic carbocycles. The molecule has 360 valence electrons. The molecule has 0 bridgehead atoms. The molecule has 2 heterocycles. The van der Waals surface area contributed by atoms with Crippen molar-refractivity contribution in [3.05, 3.63) is 179 Å². The van der Waals surface area contributed by atoms with Crippen molar-refractivity contribution in [3.8, 4) is 11.5 Å². The highest BCUT2D eigenvalue weighted by molar-refractivity contribution is 6.92. The van der Waals surface area contributed by atoms with Crippen molar-refractivity contribution in [2.75, 3.05) is 14.2 Å². The number of methoxy groups -OCH3 is 2. The number of benzene rings is 6. The van der Waals surface area contributed by atoms with Gasteiger partial charge in [0.2, 0.25) is 0 Å². The maximum absolute atomic E-state index is 5.62. The van der Waals surface area contributed by atoms with Gasteiger partial charge in [-0.05, 0) is 57.6 Å². The fourth-order valence-electron chi connectivity index (χ4n) is 9.77. The Labute approximate surface area is 417 Å². The van der Waals surface area contributed by atoms with Crippen molar-refractivity contribution in [1.29, 1.82) is 0 Å². The van der Waals surface area contributed by atoms with Crippen LogP contribution in [0.3, 0.4) is 0 Å². The van der Waals surface area contributed by atoms with Crippen LogP contribution in [-0.2, 0) is 13.1 Å². The fourth-order valence-corrected chi connectivity index (χ4v) is 14.9. The van der Waals surface area contributed by atoms with Gasteiger partial charge in [-0.1, -0.05) is 221 Å². The first-order valence-corrected chi connectivity index (χ1v) is 38.8. The van der Waals surface area contributed by atoms with E-state index in [1.54, 1.807) is 14.2 Å². The van der Waals surface area contributed by atoms with Gasteiger partial charge in [-0.2, -0.15) is 0 Å². The van der Waals surface area contributed by atoms with Crippen LogP contribution in [0.5, 0.6) is 11.5 Å². The number of nitrogens with one attached hydrogen (secondary N) is 2. The molecule has 8 rings (SSSR count). The molecular formula is C58H76N5O2Si4+. The van der Waals surface area contributed by atoms with Gasteiger partial charge in [-0.3, -0.25) is 0 Å². The van der Waals surface area contributed by atoms with Crippen molar-refractivity contribution >= 4 is 65.0 Å².